The largest absolute Gasteiger partial charge is 0.387 e. The zero-order chi connectivity index (χ0) is 20.9. The first-order chi connectivity index (χ1) is 14.6. The number of nitrogens with one attached hydrogen (secondary N) is 2. The van der Waals surface area contributed by atoms with Crippen molar-refractivity contribution in [3.63, 3.8) is 0 Å². The summed E-state index contributed by atoms with van der Waals surface area (Å²) < 4.78 is 1.52. The zero-order valence-electron chi connectivity index (χ0n) is 17.0. The number of benzene rings is 2. The van der Waals surface area contributed by atoms with Gasteiger partial charge < -0.3 is 15.7 Å². The quantitative estimate of drug-likeness (QED) is 0.562. The van der Waals surface area contributed by atoms with Crippen molar-refractivity contribution in [2.24, 2.45) is 0 Å². The molecule has 3 aromatic rings. The Bertz CT molecular complexity index is 943. The number of amides is 1. The average molecular weight is 406 g/mol. The van der Waals surface area contributed by atoms with E-state index in [-0.39, 0.29) is 11.9 Å². The van der Waals surface area contributed by atoms with Crippen LogP contribution in [0, 0.1) is 0 Å². The lowest BCUT2D eigenvalue weighted by Gasteiger charge is -2.20. The van der Waals surface area contributed by atoms with Gasteiger partial charge in [0.2, 0.25) is 5.91 Å². The predicted molar refractivity (Wildman–Crippen MR) is 115 cm³/mol. The highest BCUT2D eigenvalue weighted by Crippen LogP contribution is 2.27. The van der Waals surface area contributed by atoms with Crippen molar-refractivity contribution in [2.45, 2.75) is 50.4 Å². The smallest absolute Gasteiger partial charge is 0.249 e. The molecular formula is C23H27N5O2. The summed E-state index contributed by atoms with van der Waals surface area (Å²) in [6, 6.07) is 17.7. The molecule has 0 radical (unpaired) electrons. The molecule has 3 N–H and O–H groups in total. The molecule has 7 heteroatoms. The van der Waals surface area contributed by atoms with Gasteiger partial charge in [-0.15, -0.1) is 0 Å². The van der Waals surface area contributed by atoms with Crippen molar-refractivity contribution in [1.29, 1.82) is 0 Å². The lowest BCUT2D eigenvalue weighted by atomic mass is 10.0. The third kappa shape index (κ3) is 4.75. The highest BCUT2D eigenvalue weighted by atomic mass is 16.3. The monoisotopic (exact) mass is 405 g/mol. The minimum atomic E-state index is -0.485. The van der Waals surface area contributed by atoms with Crippen LogP contribution in [-0.2, 0) is 11.2 Å². The Morgan fingerprint density at radius 1 is 1.20 bits per heavy atom. The SMILES string of the molecule is CC(C(=O)Nc1ccc(C[C@@H]2CC[C@H]([C@H](O)c3ccccc3)N2)cc1)n1cncn1. The Hall–Kier alpha value is -3.03. The van der Waals surface area contributed by atoms with Crippen LogP contribution in [0.2, 0.25) is 0 Å². The number of rotatable bonds is 7. The van der Waals surface area contributed by atoms with Crippen molar-refractivity contribution >= 4 is 11.6 Å². The van der Waals surface area contributed by atoms with Gasteiger partial charge in [-0.1, -0.05) is 42.5 Å². The fourth-order valence-electron chi connectivity index (χ4n) is 3.94. The van der Waals surface area contributed by atoms with E-state index < -0.39 is 12.1 Å². The Morgan fingerprint density at radius 3 is 2.67 bits per heavy atom. The Morgan fingerprint density at radius 2 is 1.97 bits per heavy atom. The maximum absolute atomic E-state index is 12.4. The number of hydrogen-bond acceptors (Lipinski definition) is 5. The molecule has 1 amide bonds. The molecule has 0 aliphatic carbocycles. The van der Waals surface area contributed by atoms with Crippen molar-refractivity contribution in [3.05, 3.63) is 78.4 Å². The molecule has 1 fully saturated rings. The first-order valence-electron chi connectivity index (χ1n) is 10.3. The summed E-state index contributed by atoms with van der Waals surface area (Å²) in [5.41, 5.74) is 2.91. The van der Waals surface area contributed by atoms with Crippen molar-refractivity contribution < 1.29 is 9.90 Å². The summed E-state index contributed by atoms with van der Waals surface area (Å²) in [6.07, 6.45) is 5.34. The van der Waals surface area contributed by atoms with E-state index in [9.17, 15) is 9.90 Å². The van der Waals surface area contributed by atoms with Gasteiger partial charge in [-0.05, 0) is 49.4 Å². The van der Waals surface area contributed by atoms with Crippen LogP contribution in [-0.4, -0.2) is 37.9 Å². The molecule has 1 unspecified atom stereocenters. The molecule has 2 aromatic carbocycles. The van der Waals surface area contributed by atoms with Gasteiger partial charge in [-0.25, -0.2) is 9.67 Å². The van der Waals surface area contributed by atoms with Gasteiger partial charge in [0.15, 0.2) is 0 Å². The number of anilines is 1. The van der Waals surface area contributed by atoms with Crippen LogP contribution < -0.4 is 10.6 Å². The van der Waals surface area contributed by atoms with E-state index in [4.69, 9.17) is 0 Å². The lowest BCUT2D eigenvalue weighted by Crippen LogP contribution is -2.35. The molecular weight excluding hydrogens is 378 g/mol. The van der Waals surface area contributed by atoms with E-state index >= 15 is 0 Å². The summed E-state index contributed by atoms with van der Waals surface area (Å²) in [7, 11) is 0. The molecule has 4 rings (SSSR count). The van der Waals surface area contributed by atoms with E-state index in [0.717, 1.165) is 30.5 Å². The highest BCUT2D eigenvalue weighted by molar-refractivity contribution is 5.93. The van der Waals surface area contributed by atoms with Crippen LogP contribution in [0.5, 0.6) is 0 Å². The number of aliphatic hydroxyl groups excluding tert-OH is 1. The van der Waals surface area contributed by atoms with Crippen LogP contribution >= 0.6 is 0 Å². The molecule has 0 saturated carbocycles. The summed E-state index contributed by atoms with van der Waals surface area (Å²) in [4.78, 5) is 16.2. The number of aromatic nitrogens is 3. The van der Waals surface area contributed by atoms with E-state index in [0.29, 0.717) is 6.04 Å². The van der Waals surface area contributed by atoms with Gasteiger partial charge >= 0.3 is 0 Å². The standard InChI is InChI=1S/C23H27N5O2/c1-16(28-15-24-14-25-28)23(30)27-19-9-7-17(8-10-19)13-20-11-12-21(26-20)22(29)18-5-3-2-4-6-18/h2-10,14-16,20-22,26,29H,11-13H2,1H3,(H,27,30)/t16?,20-,21+,22+/m0/s1. The van der Waals surface area contributed by atoms with Gasteiger partial charge in [-0.3, -0.25) is 4.79 Å². The first kappa shape index (κ1) is 20.3. The van der Waals surface area contributed by atoms with Gasteiger partial charge in [0, 0.05) is 17.8 Å². The molecule has 2 heterocycles. The maximum atomic E-state index is 12.4. The molecule has 0 bridgehead atoms. The Kier molecular flexibility index (Phi) is 6.21. The topological polar surface area (TPSA) is 92.1 Å². The van der Waals surface area contributed by atoms with Crippen LogP contribution in [0.15, 0.2) is 67.3 Å². The zero-order valence-corrected chi connectivity index (χ0v) is 17.0. The number of carbonyl (C=O) groups excluding carboxylic acids is 1. The summed E-state index contributed by atoms with van der Waals surface area (Å²) >= 11 is 0. The van der Waals surface area contributed by atoms with Gasteiger partial charge in [0.25, 0.3) is 0 Å². The van der Waals surface area contributed by atoms with Crippen LogP contribution in [0.3, 0.4) is 0 Å². The number of hydrogen-bond donors (Lipinski definition) is 3. The molecule has 0 spiro atoms. The van der Waals surface area contributed by atoms with E-state index in [1.165, 1.54) is 22.9 Å². The third-order valence-electron chi connectivity index (χ3n) is 5.71. The van der Waals surface area contributed by atoms with Crippen LogP contribution in [0.4, 0.5) is 5.69 Å². The lowest BCUT2D eigenvalue weighted by molar-refractivity contribution is -0.119. The Balaban J connectivity index is 1.29. The molecule has 30 heavy (non-hydrogen) atoms. The predicted octanol–water partition coefficient (Wildman–Crippen LogP) is 2.87. The maximum Gasteiger partial charge on any atom is 0.249 e. The fraction of sp³-hybridized carbons (Fsp3) is 0.348. The number of nitrogens with zero attached hydrogens (tertiary/aromatic N) is 3. The molecule has 1 saturated heterocycles. The van der Waals surface area contributed by atoms with E-state index in [1.807, 2.05) is 54.6 Å². The molecule has 1 aromatic heterocycles. The van der Waals surface area contributed by atoms with Crippen LogP contribution in [0.25, 0.3) is 0 Å². The highest BCUT2D eigenvalue weighted by Gasteiger charge is 2.29. The van der Waals surface area contributed by atoms with Gasteiger partial charge in [0.1, 0.15) is 18.7 Å². The van der Waals surface area contributed by atoms with Crippen LogP contribution in [0.1, 0.15) is 43.0 Å². The van der Waals surface area contributed by atoms with Gasteiger partial charge in [-0.2, -0.15) is 5.10 Å². The molecule has 1 aliphatic rings. The minimum Gasteiger partial charge on any atom is -0.387 e. The summed E-state index contributed by atoms with van der Waals surface area (Å²) in [5.74, 6) is -0.136. The average Bonchev–Trinajstić information content (AvgIpc) is 3.47. The number of carbonyl (C=O) groups is 1. The summed E-state index contributed by atoms with van der Waals surface area (Å²) in [6.45, 7) is 1.78. The molecule has 4 atom stereocenters. The third-order valence-corrected chi connectivity index (χ3v) is 5.71. The second kappa shape index (κ2) is 9.19. The Labute approximate surface area is 176 Å². The van der Waals surface area contributed by atoms with E-state index in [1.54, 1.807) is 6.92 Å². The molecule has 7 nitrogen and oxygen atoms in total. The first-order valence-corrected chi connectivity index (χ1v) is 10.3. The second-order valence-corrected chi connectivity index (χ2v) is 7.84. The second-order valence-electron chi connectivity index (χ2n) is 7.84. The minimum absolute atomic E-state index is 0.0780. The van der Waals surface area contributed by atoms with Crippen molar-refractivity contribution in [2.75, 3.05) is 5.32 Å². The van der Waals surface area contributed by atoms with Crippen molar-refractivity contribution in [3.8, 4) is 0 Å². The number of aliphatic hydroxyl groups is 1. The normalized spacial score (nSPS) is 20.6. The summed E-state index contributed by atoms with van der Waals surface area (Å²) in [5, 5.41) is 21.1. The van der Waals surface area contributed by atoms with Gasteiger partial charge in [0.05, 0.1) is 6.10 Å². The molecule has 156 valence electrons. The fourth-order valence-corrected chi connectivity index (χ4v) is 3.94. The van der Waals surface area contributed by atoms with E-state index in [2.05, 4.69) is 20.7 Å². The van der Waals surface area contributed by atoms with Crippen molar-refractivity contribution in [1.82, 2.24) is 20.1 Å². The molecule has 1 aliphatic heterocycles.